The van der Waals surface area contributed by atoms with Crippen LogP contribution in [0.3, 0.4) is 0 Å². The molecule has 8 heteroatoms. The van der Waals surface area contributed by atoms with Gasteiger partial charge >= 0.3 is 5.97 Å². The molecule has 0 bridgehead atoms. The molecule has 1 fully saturated rings. The summed E-state index contributed by atoms with van der Waals surface area (Å²) in [5.41, 5.74) is 1.90. The minimum Gasteiger partial charge on any atom is -0.465 e. The molecule has 0 N–H and O–H groups in total. The van der Waals surface area contributed by atoms with E-state index in [-0.39, 0.29) is 11.6 Å². The first-order valence-corrected chi connectivity index (χ1v) is 8.91. The first-order chi connectivity index (χ1) is 13.5. The van der Waals surface area contributed by atoms with Gasteiger partial charge in [0.2, 0.25) is 0 Å². The van der Waals surface area contributed by atoms with E-state index in [4.69, 9.17) is 0 Å². The zero-order valence-electron chi connectivity index (χ0n) is 15.5. The second kappa shape index (κ2) is 8.62. The van der Waals surface area contributed by atoms with Crippen molar-refractivity contribution in [2.24, 2.45) is 0 Å². The third kappa shape index (κ3) is 4.52. The molecule has 0 spiro atoms. The van der Waals surface area contributed by atoms with Crippen LogP contribution in [0, 0.1) is 10.1 Å². The van der Waals surface area contributed by atoms with Gasteiger partial charge in [-0.1, -0.05) is 12.1 Å². The van der Waals surface area contributed by atoms with Gasteiger partial charge in [0.25, 0.3) is 11.6 Å². The molecule has 0 aromatic heterocycles. The predicted molar refractivity (Wildman–Crippen MR) is 102 cm³/mol. The number of piperazine rings is 1. The molecule has 0 atom stereocenters. The Labute approximate surface area is 162 Å². The van der Waals surface area contributed by atoms with Crippen LogP contribution in [-0.4, -0.2) is 59.9 Å². The van der Waals surface area contributed by atoms with Crippen LogP contribution < -0.4 is 0 Å². The molecule has 1 heterocycles. The Kier molecular flexibility index (Phi) is 6.00. The number of benzene rings is 2. The van der Waals surface area contributed by atoms with Gasteiger partial charge in [-0.2, -0.15) is 0 Å². The first-order valence-electron chi connectivity index (χ1n) is 8.91. The van der Waals surface area contributed by atoms with Crippen LogP contribution in [0.15, 0.2) is 48.5 Å². The van der Waals surface area contributed by atoms with Crippen LogP contribution in [-0.2, 0) is 11.3 Å². The van der Waals surface area contributed by atoms with Gasteiger partial charge in [0.05, 0.1) is 17.6 Å². The highest BCUT2D eigenvalue weighted by molar-refractivity contribution is 5.96. The monoisotopic (exact) mass is 383 g/mol. The lowest BCUT2D eigenvalue weighted by molar-refractivity contribution is -0.384. The molecule has 8 nitrogen and oxygen atoms in total. The number of rotatable bonds is 5. The van der Waals surface area contributed by atoms with Crippen molar-refractivity contribution in [2.45, 2.75) is 6.54 Å². The molecule has 1 aliphatic rings. The van der Waals surface area contributed by atoms with Crippen LogP contribution in [0.25, 0.3) is 0 Å². The Morgan fingerprint density at radius 3 is 2.29 bits per heavy atom. The van der Waals surface area contributed by atoms with Crippen LogP contribution in [0.1, 0.15) is 26.3 Å². The number of nitro groups is 1. The average Bonchev–Trinajstić information content (AvgIpc) is 2.73. The highest BCUT2D eigenvalue weighted by atomic mass is 16.6. The zero-order chi connectivity index (χ0) is 20.1. The van der Waals surface area contributed by atoms with Gasteiger partial charge in [0.15, 0.2) is 0 Å². The van der Waals surface area contributed by atoms with E-state index in [2.05, 4.69) is 9.64 Å². The fourth-order valence-electron chi connectivity index (χ4n) is 3.18. The minimum absolute atomic E-state index is 0.0774. The van der Waals surface area contributed by atoms with E-state index < -0.39 is 10.9 Å². The Balaban J connectivity index is 1.56. The maximum Gasteiger partial charge on any atom is 0.337 e. The Morgan fingerprint density at radius 2 is 1.68 bits per heavy atom. The average molecular weight is 383 g/mol. The number of amides is 1. The van der Waals surface area contributed by atoms with E-state index >= 15 is 0 Å². The van der Waals surface area contributed by atoms with Crippen molar-refractivity contribution in [3.8, 4) is 0 Å². The Bertz CT molecular complexity index is 874. The molecule has 0 radical (unpaired) electrons. The molecular weight excluding hydrogens is 362 g/mol. The molecule has 0 unspecified atom stereocenters. The van der Waals surface area contributed by atoms with Crippen molar-refractivity contribution < 1.29 is 19.2 Å². The van der Waals surface area contributed by atoms with Crippen molar-refractivity contribution in [1.29, 1.82) is 0 Å². The summed E-state index contributed by atoms with van der Waals surface area (Å²) in [6, 6.07) is 13.0. The smallest absolute Gasteiger partial charge is 0.337 e. The number of methoxy groups -OCH3 is 1. The maximum absolute atomic E-state index is 12.7. The molecule has 1 saturated heterocycles. The van der Waals surface area contributed by atoms with Crippen molar-refractivity contribution in [3.63, 3.8) is 0 Å². The number of ether oxygens (including phenoxy) is 1. The van der Waals surface area contributed by atoms with Crippen molar-refractivity contribution in [2.75, 3.05) is 33.3 Å². The molecule has 2 aromatic rings. The number of carbonyl (C=O) groups is 2. The number of esters is 1. The standard InChI is InChI=1S/C20H21N3O5/c1-28-20(25)17-7-5-16(6-8-17)19(24)22-11-9-21(10-12-22)14-15-3-2-4-18(13-15)23(26)27/h2-8,13H,9-12,14H2,1H3. The van der Waals surface area contributed by atoms with Crippen LogP contribution in [0.5, 0.6) is 0 Å². The summed E-state index contributed by atoms with van der Waals surface area (Å²) in [6.07, 6.45) is 0. The summed E-state index contributed by atoms with van der Waals surface area (Å²) in [6.45, 7) is 3.14. The summed E-state index contributed by atoms with van der Waals surface area (Å²) in [7, 11) is 1.31. The molecular formula is C20H21N3O5. The normalized spacial score (nSPS) is 14.5. The molecule has 1 aliphatic heterocycles. The van der Waals surface area contributed by atoms with Crippen molar-refractivity contribution in [1.82, 2.24) is 9.80 Å². The third-order valence-electron chi connectivity index (χ3n) is 4.74. The topological polar surface area (TPSA) is 93.0 Å². The van der Waals surface area contributed by atoms with Gasteiger partial charge < -0.3 is 9.64 Å². The van der Waals surface area contributed by atoms with E-state index in [1.54, 1.807) is 41.3 Å². The molecule has 146 valence electrons. The Morgan fingerprint density at radius 1 is 1.04 bits per heavy atom. The molecule has 2 aromatic carbocycles. The number of nitrogens with zero attached hydrogens (tertiary/aromatic N) is 3. The molecule has 1 amide bonds. The first kappa shape index (κ1) is 19.5. The Hall–Kier alpha value is -3.26. The minimum atomic E-state index is -0.436. The predicted octanol–water partition coefficient (Wildman–Crippen LogP) is 2.34. The lowest BCUT2D eigenvalue weighted by Crippen LogP contribution is -2.48. The molecule has 0 aliphatic carbocycles. The summed E-state index contributed by atoms with van der Waals surface area (Å²) in [5.74, 6) is -0.514. The fourth-order valence-corrected chi connectivity index (χ4v) is 3.18. The van der Waals surface area contributed by atoms with Crippen molar-refractivity contribution in [3.05, 3.63) is 75.3 Å². The van der Waals surface area contributed by atoms with Gasteiger partial charge in [-0.05, 0) is 29.8 Å². The van der Waals surface area contributed by atoms with Crippen LogP contribution in [0.4, 0.5) is 5.69 Å². The van der Waals surface area contributed by atoms with Gasteiger partial charge in [0, 0.05) is 50.4 Å². The molecule has 28 heavy (non-hydrogen) atoms. The highest BCUT2D eigenvalue weighted by Crippen LogP contribution is 2.17. The van der Waals surface area contributed by atoms with E-state index in [0.717, 1.165) is 5.56 Å². The second-order valence-corrected chi connectivity index (χ2v) is 6.56. The summed E-state index contributed by atoms with van der Waals surface area (Å²) >= 11 is 0. The SMILES string of the molecule is COC(=O)c1ccc(C(=O)N2CCN(Cc3cccc([N+](=O)[O-])c3)CC2)cc1. The van der Waals surface area contributed by atoms with Gasteiger partial charge in [-0.25, -0.2) is 4.79 Å². The summed E-state index contributed by atoms with van der Waals surface area (Å²) < 4.78 is 4.66. The third-order valence-corrected chi connectivity index (χ3v) is 4.74. The quantitative estimate of drug-likeness (QED) is 0.447. The van der Waals surface area contributed by atoms with Crippen LogP contribution in [0.2, 0.25) is 0 Å². The van der Waals surface area contributed by atoms with Gasteiger partial charge in [-0.3, -0.25) is 19.8 Å². The van der Waals surface area contributed by atoms with E-state index in [1.165, 1.54) is 13.2 Å². The number of hydrogen-bond donors (Lipinski definition) is 0. The van der Waals surface area contributed by atoms with Gasteiger partial charge in [0.1, 0.15) is 0 Å². The lowest BCUT2D eigenvalue weighted by Gasteiger charge is -2.34. The van der Waals surface area contributed by atoms with E-state index in [0.29, 0.717) is 43.9 Å². The fraction of sp³-hybridized carbons (Fsp3) is 0.300. The largest absolute Gasteiger partial charge is 0.465 e. The zero-order valence-corrected chi connectivity index (χ0v) is 15.5. The summed E-state index contributed by atoms with van der Waals surface area (Å²) in [4.78, 5) is 38.6. The van der Waals surface area contributed by atoms with Gasteiger partial charge in [-0.15, -0.1) is 0 Å². The number of nitro benzene ring substituents is 1. The number of hydrogen-bond acceptors (Lipinski definition) is 6. The van der Waals surface area contributed by atoms with E-state index in [1.807, 2.05) is 6.07 Å². The van der Waals surface area contributed by atoms with Crippen LogP contribution >= 0.6 is 0 Å². The molecule has 3 rings (SSSR count). The molecule has 0 saturated carbocycles. The second-order valence-electron chi connectivity index (χ2n) is 6.56. The lowest BCUT2D eigenvalue weighted by atomic mass is 10.1. The maximum atomic E-state index is 12.7. The number of non-ortho nitro benzene ring substituents is 1. The highest BCUT2D eigenvalue weighted by Gasteiger charge is 2.22. The van der Waals surface area contributed by atoms with E-state index in [9.17, 15) is 19.7 Å². The van der Waals surface area contributed by atoms with Crippen molar-refractivity contribution >= 4 is 17.6 Å². The number of carbonyl (C=O) groups excluding carboxylic acids is 2. The summed E-state index contributed by atoms with van der Waals surface area (Å²) in [5, 5.41) is 10.9.